The van der Waals surface area contributed by atoms with Crippen LogP contribution in [0.4, 0.5) is 10.7 Å². The van der Waals surface area contributed by atoms with Crippen molar-refractivity contribution in [3.8, 4) is 11.4 Å². The number of rotatable bonds is 6. The lowest BCUT2D eigenvalue weighted by Gasteiger charge is -2.36. The molecule has 0 unspecified atom stereocenters. The van der Waals surface area contributed by atoms with Crippen LogP contribution in [0.15, 0.2) is 53.8 Å². The van der Waals surface area contributed by atoms with Gasteiger partial charge in [0.05, 0.1) is 45.3 Å². The Labute approximate surface area is 246 Å². The number of nitrogens with one attached hydrogen (secondary N) is 3. The van der Waals surface area contributed by atoms with Crippen LogP contribution in [0.3, 0.4) is 0 Å². The Hall–Kier alpha value is -5.05. The molecule has 14 nitrogen and oxygen atoms in total. The molecule has 6 heterocycles. The number of nitrogens with zero attached hydrogens (tertiary/aromatic N) is 6. The highest BCUT2D eigenvalue weighted by atomic mass is 32.2. The SMILES string of the molecule is Cc1ncc(C(=O)NCc2cc3nc(-c4ccnc(N5CCC6(CC5)NC(=O)NC6=O)n4)ccc3cn2)cc1S(C)(=O)=O. The number of carbonyl (C=O) groups excluding carboxylic acids is 3. The van der Waals surface area contributed by atoms with Crippen molar-refractivity contribution in [2.24, 2.45) is 0 Å². The van der Waals surface area contributed by atoms with E-state index < -0.39 is 27.3 Å². The van der Waals surface area contributed by atoms with Gasteiger partial charge in [-0.15, -0.1) is 0 Å². The standard InChI is InChI=1S/C28H27N9O5S/c1-16-23(43(2,41)42)11-18(14-30-16)24(38)32-15-19-12-22-17(13-31-19)3-4-20(33-22)21-5-8-29-26(34-21)37-9-6-28(7-10-37)25(39)35-27(40)36-28/h3-5,8,11-14H,6-7,9-10,15H2,1-2H3,(H,32,38)(H2,35,36,39,40). The Bertz CT molecular complexity index is 1910. The molecule has 4 aromatic heterocycles. The van der Waals surface area contributed by atoms with Crippen molar-refractivity contribution >= 4 is 44.5 Å². The molecule has 220 valence electrons. The smallest absolute Gasteiger partial charge is 0.322 e. The van der Waals surface area contributed by atoms with Crippen LogP contribution in [-0.2, 0) is 21.2 Å². The van der Waals surface area contributed by atoms with Crippen LogP contribution in [0.2, 0.25) is 0 Å². The summed E-state index contributed by atoms with van der Waals surface area (Å²) in [5.41, 5.74) is 2.01. The first-order valence-electron chi connectivity index (χ1n) is 13.4. The quantitative estimate of drug-likeness (QED) is 0.270. The number of urea groups is 1. The molecule has 2 aliphatic heterocycles. The van der Waals surface area contributed by atoms with Gasteiger partial charge in [0.2, 0.25) is 5.95 Å². The van der Waals surface area contributed by atoms with Crippen LogP contribution >= 0.6 is 0 Å². The number of aryl methyl sites for hydroxylation is 1. The van der Waals surface area contributed by atoms with E-state index in [1.165, 1.54) is 12.3 Å². The maximum Gasteiger partial charge on any atom is 0.322 e. The van der Waals surface area contributed by atoms with Crippen molar-refractivity contribution in [1.82, 2.24) is 40.9 Å². The predicted molar refractivity (Wildman–Crippen MR) is 155 cm³/mol. The average Bonchev–Trinajstić information content (AvgIpc) is 3.26. The summed E-state index contributed by atoms with van der Waals surface area (Å²) in [5, 5.41) is 8.62. The van der Waals surface area contributed by atoms with Crippen molar-refractivity contribution < 1.29 is 22.8 Å². The molecular weight excluding hydrogens is 574 g/mol. The summed E-state index contributed by atoms with van der Waals surface area (Å²) in [6.45, 7) is 2.66. The van der Waals surface area contributed by atoms with Crippen molar-refractivity contribution in [2.45, 2.75) is 36.7 Å². The maximum atomic E-state index is 12.7. The van der Waals surface area contributed by atoms with Gasteiger partial charge in [0.1, 0.15) is 5.54 Å². The van der Waals surface area contributed by atoms with Gasteiger partial charge in [0.15, 0.2) is 9.84 Å². The summed E-state index contributed by atoms with van der Waals surface area (Å²) in [4.78, 5) is 61.0. The summed E-state index contributed by atoms with van der Waals surface area (Å²) in [7, 11) is -3.53. The molecule has 0 aliphatic carbocycles. The molecule has 15 heteroatoms. The normalized spacial score (nSPS) is 16.3. The highest BCUT2D eigenvalue weighted by Crippen LogP contribution is 2.28. The fourth-order valence-electron chi connectivity index (χ4n) is 5.19. The van der Waals surface area contributed by atoms with E-state index in [9.17, 15) is 22.8 Å². The summed E-state index contributed by atoms with van der Waals surface area (Å²) in [5.74, 6) is -0.273. The van der Waals surface area contributed by atoms with Crippen LogP contribution in [0, 0.1) is 6.92 Å². The fourth-order valence-corrected chi connectivity index (χ4v) is 6.13. The molecular formula is C28H27N9O5S. The molecule has 43 heavy (non-hydrogen) atoms. The number of fused-ring (bicyclic) bond motifs is 1. The van der Waals surface area contributed by atoms with Crippen LogP contribution < -0.4 is 20.9 Å². The minimum atomic E-state index is -3.53. The zero-order valence-corrected chi connectivity index (χ0v) is 24.1. The number of carbonyl (C=O) groups is 3. The van der Waals surface area contributed by atoms with E-state index in [4.69, 9.17) is 9.97 Å². The van der Waals surface area contributed by atoms with Crippen LogP contribution in [0.5, 0.6) is 0 Å². The van der Waals surface area contributed by atoms with Gasteiger partial charge in [-0.05, 0) is 50.1 Å². The molecule has 0 bridgehead atoms. The minimum Gasteiger partial charge on any atom is -0.346 e. The number of amides is 4. The summed E-state index contributed by atoms with van der Waals surface area (Å²) in [6.07, 6.45) is 6.61. The number of hydrogen-bond donors (Lipinski definition) is 3. The molecule has 2 fully saturated rings. The van der Waals surface area contributed by atoms with Crippen molar-refractivity contribution in [1.29, 1.82) is 0 Å². The Morgan fingerprint density at radius 1 is 1.02 bits per heavy atom. The number of anilines is 1. The first kappa shape index (κ1) is 28.1. The molecule has 0 aromatic carbocycles. The van der Waals surface area contributed by atoms with Crippen molar-refractivity contribution in [2.75, 3.05) is 24.2 Å². The lowest BCUT2D eigenvalue weighted by Crippen LogP contribution is -2.55. The van der Waals surface area contributed by atoms with E-state index in [-0.39, 0.29) is 22.9 Å². The average molecular weight is 602 g/mol. The van der Waals surface area contributed by atoms with Gasteiger partial charge in [0, 0.05) is 43.3 Å². The third-order valence-electron chi connectivity index (χ3n) is 7.58. The molecule has 2 aliphatic rings. The maximum absolute atomic E-state index is 12.7. The Balaban J connectivity index is 1.16. The summed E-state index contributed by atoms with van der Waals surface area (Å²) < 4.78 is 24.0. The second-order valence-corrected chi connectivity index (χ2v) is 12.5. The van der Waals surface area contributed by atoms with Crippen LogP contribution in [0.25, 0.3) is 22.3 Å². The van der Waals surface area contributed by atoms with Gasteiger partial charge in [-0.2, -0.15) is 0 Å². The third-order valence-corrected chi connectivity index (χ3v) is 8.79. The third kappa shape index (κ3) is 5.58. The largest absolute Gasteiger partial charge is 0.346 e. The molecule has 4 aromatic rings. The Morgan fingerprint density at radius 3 is 2.51 bits per heavy atom. The zero-order valence-electron chi connectivity index (χ0n) is 23.3. The molecule has 0 saturated carbocycles. The Morgan fingerprint density at radius 2 is 1.79 bits per heavy atom. The van der Waals surface area contributed by atoms with E-state index in [1.54, 1.807) is 31.5 Å². The van der Waals surface area contributed by atoms with E-state index in [0.29, 0.717) is 60.2 Å². The topological polar surface area (TPSA) is 189 Å². The Kier molecular flexibility index (Phi) is 6.96. The molecule has 4 amide bonds. The highest BCUT2D eigenvalue weighted by molar-refractivity contribution is 7.90. The predicted octanol–water partition coefficient (Wildman–Crippen LogP) is 1.30. The number of pyridine rings is 3. The summed E-state index contributed by atoms with van der Waals surface area (Å²) in [6, 6.07) is 8.09. The van der Waals surface area contributed by atoms with Gasteiger partial charge < -0.3 is 15.5 Å². The van der Waals surface area contributed by atoms with E-state index in [2.05, 4.69) is 30.9 Å². The van der Waals surface area contributed by atoms with Gasteiger partial charge in [0.25, 0.3) is 11.8 Å². The van der Waals surface area contributed by atoms with Gasteiger partial charge in [-0.3, -0.25) is 24.9 Å². The minimum absolute atomic E-state index is 0.00695. The van der Waals surface area contributed by atoms with Gasteiger partial charge >= 0.3 is 6.03 Å². The lowest BCUT2D eigenvalue weighted by atomic mass is 9.88. The second-order valence-electron chi connectivity index (χ2n) is 10.5. The van der Waals surface area contributed by atoms with E-state index >= 15 is 0 Å². The van der Waals surface area contributed by atoms with E-state index in [1.807, 2.05) is 17.0 Å². The number of sulfone groups is 1. The van der Waals surface area contributed by atoms with Gasteiger partial charge in [-0.25, -0.2) is 28.2 Å². The number of piperidine rings is 1. The molecule has 0 atom stereocenters. The molecule has 0 radical (unpaired) electrons. The van der Waals surface area contributed by atoms with Crippen LogP contribution in [-0.4, -0.2) is 76.1 Å². The molecule has 2 saturated heterocycles. The number of imide groups is 1. The molecule has 6 rings (SSSR count). The first-order chi connectivity index (χ1) is 20.5. The lowest BCUT2D eigenvalue weighted by molar-refractivity contribution is -0.124. The van der Waals surface area contributed by atoms with Crippen LogP contribution in [0.1, 0.15) is 34.6 Å². The van der Waals surface area contributed by atoms with Crippen molar-refractivity contribution in [3.05, 3.63) is 65.9 Å². The second kappa shape index (κ2) is 10.7. The monoisotopic (exact) mass is 601 g/mol. The molecule has 1 spiro atoms. The zero-order chi connectivity index (χ0) is 30.4. The molecule has 3 N–H and O–H groups in total. The summed E-state index contributed by atoms with van der Waals surface area (Å²) >= 11 is 0. The number of hydrogen-bond acceptors (Lipinski definition) is 11. The highest BCUT2D eigenvalue weighted by Gasteiger charge is 2.48. The van der Waals surface area contributed by atoms with E-state index in [0.717, 1.165) is 11.6 Å². The van der Waals surface area contributed by atoms with Crippen molar-refractivity contribution in [3.63, 3.8) is 0 Å². The first-order valence-corrected chi connectivity index (χ1v) is 15.3. The number of aromatic nitrogens is 5. The fraction of sp³-hybridized carbons (Fsp3) is 0.286. The van der Waals surface area contributed by atoms with Gasteiger partial charge in [-0.1, -0.05) is 0 Å².